The van der Waals surface area contributed by atoms with Crippen LogP contribution in [0.4, 0.5) is 4.39 Å². The second kappa shape index (κ2) is 7.50. The highest BCUT2D eigenvalue weighted by molar-refractivity contribution is 6.30. The molecule has 0 fully saturated rings. The highest BCUT2D eigenvalue weighted by Gasteiger charge is 2.15. The summed E-state index contributed by atoms with van der Waals surface area (Å²) in [6.07, 6.45) is 1.37. The van der Waals surface area contributed by atoms with Gasteiger partial charge in [-0.25, -0.2) is 14.4 Å². The summed E-state index contributed by atoms with van der Waals surface area (Å²) in [6, 6.07) is 14.7. The van der Waals surface area contributed by atoms with Crippen LogP contribution in [0, 0.1) is 5.82 Å². The van der Waals surface area contributed by atoms with Crippen molar-refractivity contribution in [2.75, 3.05) is 6.61 Å². The molecule has 4 rings (SSSR count). The van der Waals surface area contributed by atoms with Crippen LogP contribution in [0.3, 0.4) is 0 Å². The predicted octanol–water partition coefficient (Wildman–Crippen LogP) is 3.91. The average Bonchev–Trinajstić information content (AvgIpc) is 2.70. The van der Waals surface area contributed by atoms with Crippen molar-refractivity contribution in [2.45, 2.75) is 6.54 Å². The Morgan fingerprint density at radius 1 is 1.07 bits per heavy atom. The van der Waals surface area contributed by atoms with Gasteiger partial charge >= 0.3 is 0 Å². The summed E-state index contributed by atoms with van der Waals surface area (Å²) in [5, 5.41) is 10.1. The highest BCUT2D eigenvalue weighted by Crippen LogP contribution is 2.29. The lowest BCUT2D eigenvalue weighted by Gasteiger charge is -2.11. The van der Waals surface area contributed by atoms with Gasteiger partial charge in [0.2, 0.25) is 0 Å². The third-order valence-electron chi connectivity index (χ3n) is 4.39. The van der Waals surface area contributed by atoms with Crippen molar-refractivity contribution >= 4 is 22.5 Å². The van der Waals surface area contributed by atoms with Crippen molar-refractivity contribution in [3.05, 3.63) is 82.1 Å². The molecule has 2 heterocycles. The van der Waals surface area contributed by atoms with Crippen LogP contribution in [0.2, 0.25) is 5.02 Å². The number of aliphatic hydroxyl groups is 1. The van der Waals surface area contributed by atoms with E-state index >= 15 is 0 Å². The zero-order valence-electron chi connectivity index (χ0n) is 14.6. The number of aliphatic hydroxyl groups excluding tert-OH is 1. The molecule has 4 aromatic rings. The minimum atomic E-state index is -0.405. The molecule has 0 atom stereocenters. The fraction of sp³-hybridized carbons (Fsp3) is 0.0952. The first kappa shape index (κ1) is 18.3. The molecule has 0 saturated carbocycles. The lowest BCUT2D eigenvalue weighted by atomic mass is 10.0. The van der Waals surface area contributed by atoms with Gasteiger partial charge in [0.1, 0.15) is 11.3 Å². The van der Waals surface area contributed by atoms with E-state index in [0.29, 0.717) is 32.9 Å². The largest absolute Gasteiger partial charge is 0.395 e. The number of benzene rings is 2. The van der Waals surface area contributed by atoms with Gasteiger partial charge in [-0.2, -0.15) is 0 Å². The minimum absolute atomic E-state index is 0.135. The zero-order chi connectivity index (χ0) is 19.7. The maximum Gasteiger partial charge on any atom is 0.261 e. The van der Waals surface area contributed by atoms with E-state index in [0.717, 1.165) is 5.56 Å². The monoisotopic (exact) mass is 395 g/mol. The third kappa shape index (κ3) is 3.40. The van der Waals surface area contributed by atoms with Gasteiger partial charge in [-0.15, -0.1) is 0 Å². The summed E-state index contributed by atoms with van der Waals surface area (Å²) in [4.78, 5) is 21.9. The molecule has 0 aliphatic heterocycles. The Morgan fingerprint density at radius 3 is 2.57 bits per heavy atom. The third-order valence-corrected chi connectivity index (χ3v) is 4.64. The van der Waals surface area contributed by atoms with Gasteiger partial charge in [0.25, 0.3) is 5.56 Å². The summed E-state index contributed by atoms with van der Waals surface area (Å²) in [5.41, 5.74) is 2.32. The number of fused-ring (bicyclic) bond motifs is 1. The van der Waals surface area contributed by atoms with Crippen LogP contribution in [-0.4, -0.2) is 26.2 Å². The molecular weight excluding hydrogens is 381 g/mol. The minimum Gasteiger partial charge on any atom is -0.395 e. The Bertz CT molecular complexity index is 1220. The van der Waals surface area contributed by atoms with Gasteiger partial charge in [0, 0.05) is 16.1 Å². The smallest absolute Gasteiger partial charge is 0.261 e. The molecule has 0 amide bonds. The topological polar surface area (TPSA) is 68.0 Å². The number of aromatic nitrogens is 3. The lowest BCUT2D eigenvalue weighted by Crippen LogP contribution is -2.22. The summed E-state index contributed by atoms with van der Waals surface area (Å²) in [5.74, 6) is -0.405. The van der Waals surface area contributed by atoms with Crippen LogP contribution in [-0.2, 0) is 6.54 Å². The van der Waals surface area contributed by atoms with E-state index in [4.69, 9.17) is 11.6 Å². The molecule has 1 N–H and O–H groups in total. The summed E-state index contributed by atoms with van der Waals surface area (Å²) < 4.78 is 15.1. The maximum atomic E-state index is 13.8. The van der Waals surface area contributed by atoms with Crippen molar-refractivity contribution in [2.24, 2.45) is 0 Å². The molecule has 0 unspecified atom stereocenters. The molecule has 0 bridgehead atoms. The van der Waals surface area contributed by atoms with E-state index in [1.54, 1.807) is 42.5 Å². The Morgan fingerprint density at radius 2 is 1.86 bits per heavy atom. The molecule has 7 heteroatoms. The molecular formula is C21H15ClFN3O2. The van der Waals surface area contributed by atoms with E-state index in [1.165, 1.54) is 23.0 Å². The quantitative estimate of drug-likeness (QED) is 0.569. The van der Waals surface area contributed by atoms with Crippen LogP contribution in [0.15, 0.2) is 65.7 Å². The van der Waals surface area contributed by atoms with Crippen LogP contribution in [0.1, 0.15) is 0 Å². The first-order valence-corrected chi connectivity index (χ1v) is 8.97. The second-order valence-corrected chi connectivity index (χ2v) is 6.67. The molecule has 0 radical (unpaired) electrons. The fourth-order valence-electron chi connectivity index (χ4n) is 3.04. The van der Waals surface area contributed by atoms with Crippen molar-refractivity contribution in [1.82, 2.24) is 14.5 Å². The fourth-order valence-corrected chi connectivity index (χ4v) is 3.17. The Labute approximate surface area is 164 Å². The summed E-state index contributed by atoms with van der Waals surface area (Å²) >= 11 is 5.97. The normalized spacial score (nSPS) is 11.1. The van der Waals surface area contributed by atoms with Crippen LogP contribution in [0.25, 0.3) is 33.4 Å². The molecule has 2 aromatic heterocycles. The van der Waals surface area contributed by atoms with Crippen molar-refractivity contribution in [1.29, 1.82) is 0 Å². The molecule has 0 saturated heterocycles. The number of rotatable bonds is 4. The van der Waals surface area contributed by atoms with Crippen molar-refractivity contribution < 1.29 is 9.50 Å². The summed E-state index contributed by atoms with van der Waals surface area (Å²) in [6.45, 7) is -0.0470. The Hall–Kier alpha value is -3.09. The highest BCUT2D eigenvalue weighted by atomic mass is 35.5. The average molecular weight is 396 g/mol. The number of pyridine rings is 1. The zero-order valence-corrected chi connectivity index (χ0v) is 15.4. The van der Waals surface area contributed by atoms with Crippen molar-refractivity contribution in [3.63, 3.8) is 0 Å². The van der Waals surface area contributed by atoms with Gasteiger partial charge in [-0.05, 0) is 30.3 Å². The molecule has 140 valence electrons. The number of hydrogen-bond acceptors (Lipinski definition) is 4. The van der Waals surface area contributed by atoms with Gasteiger partial charge in [0.15, 0.2) is 0 Å². The predicted molar refractivity (Wildman–Crippen MR) is 107 cm³/mol. The second-order valence-electron chi connectivity index (χ2n) is 6.24. The van der Waals surface area contributed by atoms with E-state index in [2.05, 4.69) is 9.97 Å². The lowest BCUT2D eigenvalue weighted by molar-refractivity contribution is 0.274. The van der Waals surface area contributed by atoms with Gasteiger partial charge in [0.05, 0.1) is 36.3 Å². The standard InChI is InChI=1S/C21H15ClFN3O2/c22-15-6-4-13(5-7-15)18-11-17-20(24-12-26(8-9-27)21(17)28)19(25-18)14-2-1-3-16(23)10-14/h1-7,10-12,27H,8-9H2. The SMILES string of the molecule is O=c1c2cc(-c3ccc(Cl)cc3)nc(-c3cccc(F)c3)c2ncn1CCO. The number of hydrogen-bond donors (Lipinski definition) is 1. The van der Waals surface area contributed by atoms with Gasteiger partial charge in [-0.3, -0.25) is 9.36 Å². The van der Waals surface area contributed by atoms with Crippen LogP contribution >= 0.6 is 11.6 Å². The molecule has 28 heavy (non-hydrogen) atoms. The number of nitrogens with zero attached hydrogens (tertiary/aromatic N) is 3. The van der Waals surface area contributed by atoms with E-state index in [-0.39, 0.29) is 18.7 Å². The maximum absolute atomic E-state index is 13.8. The van der Waals surface area contributed by atoms with Gasteiger partial charge in [-0.1, -0.05) is 35.9 Å². The van der Waals surface area contributed by atoms with Crippen molar-refractivity contribution in [3.8, 4) is 22.5 Å². The summed E-state index contributed by atoms with van der Waals surface area (Å²) in [7, 11) is 0. The first-order chi connectivity index (χ1) is 13.6. The molecule has 0 aliphatic rings. The Balaban J connectivity index is 2.04. The molecule has 5 nitrogen and oxygen atoms in total. The first-order valence-electron chi connectivity index (χ1n) is 8.60. The van der Waals surface area contributed by atoms with E-state index in [9.17, 15) is 14.3 Å². The molecule has 0 spiro atoms. The van der Waals surface area contributed by atoms with Gasteiger partial charge < -0.3 is 5.11 Å². The molecule has 0 aliphatic carbocycles. The van der Waals surface area contributed by atoms with Crippen LogP contribution < -0.4 is 5.56 Å². The van der Waals surface area contributed by atoms with Crippen LogP contribution in [0.5, 0.6) is 0 Å². The van der Waals surface area contributed by atoms with E-state index < -0.39 is 5.82 Å². The van der Waals surface area contributed by atoms with E-state index in [1.807, 2.05) is 0 Å². The Kier molecular flexibility index (Phi) is 4.90. The number of halogens is 2. The molecule has 2 aromatic carbocycles.